The zero-order valence-electron chi connectivity index (χ0n) is 11.8. The van der Waals surface area contributed by atoms with Crippen LogP contribution >= 0.6 is 0 Å². The zero-order chi connectivity index (χ0) is 16.2. The second kappa shape index (κ2) is 6.51. The number of halogens is 3. The quantitative estimate of drug-likeness (QED) is 0.862. The summed E-state index contributed by atoms with van der Waals surface area (Å²) in [7, 11) is 1.32. The van der Waals surface area contributed by atoms with E-state index in [1.54, 1.807) is 24.3 Å². The Hall–Kier alpha value is -2.50. The van der Waals surface area contributed by atoms with Crippen molar-refractivity contribution >= 4 is 17.3 Å². The first-order chi connectivity index (χ1) is 10.4. The maximum atomic E-state index is 12.5. The molecule has 2 aromatic carbocycles. The maximum Gasteiger partial charge on any atom is 0.416 e. The maximum absolute atomic E-state index is 12.5. The van der Waals surface area contributed by atoms with Gasteiger partial charge in [0.25, 0.3) is 0 Å². The number of anilines is 2. The van der Waals surface area contributed by atoms with Gasteiger partial charge in [-0.3, -0.25) is 4.79 Å². The number of rotatable bonds is 4. The number of ether oxygens (including phenoxy) is 1. The lowest BCUT2D eigenvalue weighted by Crippen LogP contribution is -2.05. The van der Waals surface area contributed by atoms with Crippen molar-refractivity contribution in [2.45, 2.75) is 12.6 Å². The smallest absolute Gasteiger partial charge is 0.416 e. The summed E-state index contributed by atoms with van der Waals surface area (Å²) >= 11 is 0. The third-order valence-corrected chi connectivity index (χ3v) is 3.03. The van der Waals surface area contributed by atoms with E-state index in [1.807, 2.05) is 0 Å². The van der Waals surface area contributed by atoms with Crippen molar-refractivity contribution in [1.29, 1.82) is 0 Å². The first-order valence-corrected chi connectivity index (χ1v) is 6.48. The van der Waals surface area contributed by atoms with Crippen LogP contribution in [0.2, 0.25) is 0 Å². The van der Waals surface area contributed by atoms with E-state index in [9.17, 15) is 18.0 Å². The van der Waals surface area contributed by atoms with Gasteiger partial charge in [-0.1, -0.05) is 12.1 Å². The van der Waals surface area contributed by atoms with Gasteiger partial charge in [0.2, 0.25) is 0 Å². The molecule has 0 unspecified atom stereocenters. The van der Waals surface area contributed by atoms with Crippen LogP contribution in [0.3, 0.4) is 0 Å². The molecule has 0 aliphatic rings. The lowest BCUT2D eigenvalue weighted by Gasteiger charge is -2.10. The van der Waals surface area contributed by atoms with Crippen molar-refractivity contribution in [1.82, 2.24) is 0 Å². The third-order valence-electron chi connectivity index (χ3n) is 3.03. The fourth-order valence-electron chi connectivity index (χ4n) is 1.85. The van der Waals surface area contributed by atoms with Crippen molar-refractivity contribution in [2.75, 3.05) is 12.4 Å². The van der Waals surface area contributed by atoms with Crippen LogP contribution in [0.1, 0.15) is 11.1 Å². The molecule has 3 nitrogen and oxygen atoms in total. The monoisotopic (exact) mass is 309 g/mol. The van der Waals surface area contributed by atoms with Crippen LogP contribution in [0.4, 0.5) is 24.5 Å². The molecule has 0 spiro atoms. The van der Waals surface area contributed by atoms with Gasteiger partial charge in [-0.25, -0.2) is 0 Å². The van der Waals surface area contributed by atoms with E-state index in [2.05, 4.69) is 10.1 Å². The van der Waals surface area contributed by atoms with E-state index in [0.717, 1.165) is 17.7 Å². The second-order valence-corrected chi connectivity index (χ2v) is 4.65. The summed E-state index contributed by atoms with van der Waals surface area (Å²) in [5.41, 5.74) is 1.37. The Morgan fingerprint density at radius 1 is 1.00 bits per heavy atom. The van der Waals surface area contributed by atoms with E-state index >= 15 is 0 Å². The molecule has 0 aliphatic heterocycles. The molecule has 1 N–H and O–H groups in total. The van der Waals surface area contributed by atoms with Crippen molar-refractivity contribution in [3.05, 3.63) is 59.7 Å². The van der Waals surface area contributed by atoms with Gasteiger partial charge in [0.05, 0.1) is 19.1 Å². The SMILES string of the molecule is COC(=O)Cc1ccc(Nc2ccc(C(F)(F)F)cc2)cc1. The molecule has 22 heavy (non-hydrogen) atoms. The molecule has 0 saturated carbocycles. The van der Waals surface area contributed by atoms with Gasteiger partial charge in [0.1, 0.15) is 0 Å². The number of hydrogen-bond acceptors (Lipinski definition) is 3. The molecule has 0 amide bonds. The second-order valence-electron chi connectivity index (χ2n) is 4.65. The minimum atomic E-state index is -4.34. The van der Waals surface area contributed by atoms with Crippen LogP contribution < -0.4 is 5.32 Å². The minimum absolute atomic E-state index is 0.178. The fraction of sp³-hybridized carbons (Fsp3) is 0.188. The average molecular weight is 309 g/mol. The summed E-state index contributed by atoms with van der Waals surface area (Å²) in [5, 5.41) is 2.99. The number of benzene rings is 2. The highest BCUT2D eigenvalue weighted by Crippen LogP contribution is 2.30. The number of carbonyl (C=O) groups excluding carboxylic acids is 1. The molecule has 0 aromatic heterocycles. The van der Waals surface area contributed by atoms with E-state index in [1.165, 1.54) is 19.2 Å². The number of nitrogens with one attached hydrogen (secondary N) is 1. The lowest BCUT2D eigenvalue weighted by atomic mass is 10.1. The van der Waals surface area contributed by atoms with Crippen LogP contribution in [-0.4, -0.2) is 13.1 Å². The largest absolute Gasteiger partial charge is 0.469 e. The van der Waals surface area contributed by atoms with Crippen molar-refractivity contribution < 1.29 is 22.7 Å². The Labute approximate surface area is 125 Å². The summed E-state index contributed by atoms with van der Waals surface area (Å²) < 4.78 is 42.0. The highest BCUT2D eigenvalue weighted by Gasteiger charge is 2.29. The molecule has 0 fully saturated rings. The highest BCUT2D eigenvalue weighted by molar-refractivity contribution is 5.72. The molecule has 2 rings (SSSR count). The van der Waals surface area contributed by atoms with Gasteiger partial charge in [-0.2, -0.15) is 13.2 Å². The average Bonchev–Trinajstić information content (AvgIpc) is 2.49. The number of methoxy groups -OCH3 is 1. The van der Waals surface area contributed by atoms with E-state index in [4.69, 9.17) is 0 Å². The summed E-state index contributed by atoms with van der Waals surface area (Å²) in [6, 6.07) is 11.8. The normalized spacial score (nSPS) is 11.1. The summed E-state index contributed by atoms with van der Waals surface area (Å²) in [6.07, 6.45) is -4.16. The Morgan fingerprint density at radius 3 is 1.95 bits per heavy atom. The fourth-order valence-corrected chi connectivity index (χ4v) is 1.85. The van der Waals surface area contributed by atoms with Gasteiger partial charge in [-0.15, -0.1) is 0 Å². The molecule has 6 heteroatoms. The molecular weight excluding hydrogens is 295 g/mol. The van der Waals surface area contributed by atoms with E-state index in [0.29, 0.717) is 11.4 Å². The zero-order valence-corrected chi connectivity index (χ0v) is 11.8. The van der Waals surface area contributed by atoms with Crippen molar-refractivity contribution in [2.24, 2.45) is 0 Å². The third kappa shape index (κ3) is 4.25. The Bertz CT molecular complexity index is 634. The van der Waals surface area contributed by atoms with Crippen LogP contribution in [0.5, 0.6) is 0 Å². The summed E-state index contributed by atoms with van der Waals surface area (Å²) in [4.78, 5) is 11.1. The molecule has 0 atom stereocenters. The Morgan fingerprint density at radius 2 is 1.50 bits per heavy atom. The van der Waals surface area contributed by atoms with Crippen LogP contribution in [0.15, 0.2) is 48.5 Å². The molecule has 0 bridgehead atoms. The van der Waals surface area contributed by atoms with Crippen molar-refractivity contribution in [3.8, 4) is 0 Å². The molecule has 116 valence electrons. The summed E-state index contributed by atoms with van der Waals surface area (Å²) in [6.45, 7) is 0. The molecule has 0 radical (unpaired) electrons. The van der Waals surface area contributed by atoms with Crippen LogP contribution in [0.25, 0.3) is 0 Å². The predicted octanol–water partition coefficient (Wildman–Crippen LogP) is 4.16. The number of hydrogen-bond donors (Lipinski definition) is 1. The molecule has 0 heterocycles. The van der Waals surface area contributed by atoms with E-state index < -0.39 is 11.7 Å². The van der Waals surface area contributed by atoms with Crippen LogP contribution in [-0.2, 0) is 22.1 Å². The topological polar surface area (TPSA) is 38.3 Å². The van der Waals surface area contributed by atoms with Gasteiger partial charge >= 0.3 is 12.1 Å². The van der Waals surface area contributed by atoms with Gasteiger partial charge in [0.15, 0.2) is 0 Å². The highest BCUT2D eigenvalue weighted by atomic mass is 19.4. The number of alkyl halides is 3. The Balaban J connectivity index is 2.03. The van der Waals surface area contributed by atoms with Crippen molar-refractivity contribution in [3.63, 3.8) is 0 Å². The summed E-state index contributed by atoms with van der Waals surface area (Å²) in [5.74, 6) is -0.330. The van der Waals surface area contributed by atoms with Gasteiger partial charge < -0.3 is 10.1 Å². The number of carbonyl (C=O) groups is 1. The predicted molar refractivity (Wildman–Crippen MR) is 76.9 cm³/mol. The molecule has 0 saturated heterocycles. The van der Waals surface area contributed by atoms with Crippen LogP contribution in [0, 0.1) is 0 Å². The first kappa shape index (κ1) is 15.9. The molecule has 2 aromatic rings. The van der Waals surface area contributed by atoms with Gasteiger partial charge in [0, 0.05) is 11.4 Å². The molecule has 0 aliphatic carbocycles. The Kier molecular flexibility index (Phi) is 4.70. The number of esters is 1. The van der Waals surface area contributed by atoms with E-state index in [-0.39, 0.29) is 12.4 Å². The lowest BCUT2D eigenvalue weighted by molar-refractivity contribution is -0.140. The minimum Gasteiger partial charge on any atom is -0.469 e. The van der Waals surface area contributed by atoms with Gasteiger partial charge in [-0.05, 0) is 42.0 Å². The standard InChI is InChI=1S/C16H14F3NO2/c1-22-15(21)10-11-2-6-13(7-3-11)20-14-8-4-12(5-9-14)16(17,18)19/h2-9,20H,10H2,1H3. The first-order valence-electron chi connectivity index (χ1n) is 6.48. The molecular formula is C16H14F3NO2.